The largest absolute Gasteiger partial charge is 0.497 e. The maximum absolute atomic E-state index is 5.33. The Hall–Kier alpha value is -2.95. The van der Waals surface area contributed by atoms with E-state index in [1.807, 2.05) is 30.3 Å². The van der Waals surface area contributed by atoms with Gasteiger partial charge in [-0.15, -0.1) is 10.2 Å². The summed E-state index contributed by atoms with van der Waals surface area (Å²) in [5.74, 6) is 1.63. The van der Waals surface area contributed by atoms with Crippen molar-refractivity contribution in [2.45, 2.75) is 6.92 Å². The Morgan fingerprint density at radius 1 is 1.00 bits per heavy atom. The van der Waals surface area contributed by atoms with E-state index in [4.69, 9.17) is 4.74 Å². The molecule has 0 saturated carbocycles. The van der Waals surface area contributed by atoms with Crippen molar-refractivity contribution in [1.29, 1.82) is 0 Å². The van der Waals surface area contributed by atoms with Gasteiger partial charge in [0.1, 0.15) is 5.75 Å². The van der Waals surface area contributed by atoms with Crippen LogP contribution in [-0.4, -0.2) is 26.7 Å². The van der Waals surface area contributed by atoms with Crippen LogP contribution >= 0.6 is 0 Å². The molecule has 1 aromatic carbocycles. The monoisotopic (exact) mass is 290 g/mol. The lowest BCUT2D eigenvalue weighted by Gasteiger charge is -2.08. The normalized spacial score (nSPS) is 11.2. The summed E-state index contributed by atoms with van der Waals surface area (Å²) in [5.41, 5.74) is 2.91. The first-order valence-corrected chi connectivity index (χ1v) is 7.01. The molecule has 0 N–H and O–H groups in total. The van der Waals surface area contributed by atoms with Crippen molar-refractivity contribution in [1.82, 2.24) is 19.6 Å². The Morgan fingerprint density at radius 2 is 1.82 bits per heavy atom. The fourth-order valence-corrected chi connectivity index (χ4v) is 2.75. The van der Waals surface area contributed by atoms with Crippen LogP contribution in [0.15, 0.2) is 48.8 Å². The number of hydrogen-bond donors (Lipinski definition) is 0. The molecule has 0 amide bonds. The zero-order valence-corrected chi connectivity index (χ0v) is 12.3. The fourth-order valence-electron chi connectivity index (χ4n) is 2.75. The summed E-state index contributed by atoms with van der Waals surface area (Å²) in [4.78, 5) is 4.06. The van der Waals surface area contributed by atoms with Crippen LogP contribution in [0, 0.1) is 6.92 Å². The Labute approximate surface area is 127 Å². The van der Waals surface area contributed by atoms with Crippen molar-refractivity contribution in [2.75, 3.05) is 7.11 Å². The van der Waals surface area contributed by atoms with Crippen LogP contribution in [0.5, 0.6) is 5.75 Å². The average Bonchev–Trinajstić information content (AvgIpc) is 3.01. The summed E-state index contributed by atoms with van der Waals surface area (Å²) in [6.45, 7) is 2.06. The van der Waals surface area contributed by atoms with E-state index in [0.29, 0.717) is 0 Å². The summed E-state index contributed by atoms with van der Waals surface area (Å²) >= 11 is 0. The number of aromatic nitrogens is 4. The molecule has 5 heteroatoms. The van der Waals surface area contributed by atoms with Crippen molar-refractivity contribution >= 4 is 16.4 Å². The molecule has 3 aromatic heterocycles. The number of ether oxygens (including phenoxy) is 1. The highest BCUT2D eigenvalue weighted by molar-refractivity contribution is 5.96. The summed E-state index contributed by atoms with van der Waals surface area (Å²) in [6.07, 6.45) is 3.52. The van der Waals surface area contributed by atoms with Gasteiger partial charge in [0.05, 0.1) is 7.11 Å². The number of fused-ring (bicyclic) bond motifs is 3. The van der Waals surface area contributed by atoms with Gasteiger partial charge in [0.15, 0.2) is 11.5 Å². The number of aryl methyl sites for hydroxylation is 1. The van der Waals surface area contributed by atoms with Gasteiger partial charge in [-0.3, -0.25) is 9.38 Å². The molecule has 4 rings (SSSR count). The van der Waals surface area contributed by atoms with Crippen LogP contribution in [0.1, 0.15) is 5.69 Å². The minimum Gasteiger partial charge on any atom is -0.497 e. The number of benzene rings is 1. The maximum atomic E-state index is 5.33. The van der Waals surface area contributed by atoms with Crippen molar-refractivity contribution in [3.8, 4) is 17.1 Å². The van der Waals surface area contributed by atoms with E-state index in [-0.39, 0.29) is 0 Å². The highest BCUT2D eigenvalue weighted by Gasteiger charge is 2.13. The highest BCUT2D eigenvalue weighted by Crippen LogP contribution is 2.28. The second-order valence-electron chi connectivity index (χ2n) is 5.16. The molecule has 22 heavy (non-hydrogen) atoms. The molecule has 0 aliphatic rings. The first-order chi connectivity index (χ1) is 10.8. The molecular weight excluding hydrogens is 276 g/mol. The second-order valence-corrected chi connectivity index (χ2v) is 5.16. The molecule has 0 unspecified atom stereocenters. The zero-order valence-electron chi connectivity index (χ0n) is 12.3. The number of pyridine rings is 2. The van der Waals surface area contributed by atoms with Gasteiger partial charge in [0.2, 0.25) is 0 Å². The number of rotatable bonds is 2. The third-order valence-electron chi connectivity index (χ3n) is 3.82. The Bertz CT molecular complexity index is 976. The molecule has 4 aromatic rings. The van der Waals surface area contributed by atoms with Crippen LogP contribution < -0.4 is 4.74 Å². The lowest BCUT2D eigenvalue weighted by atomic mass is 10.1. The number of hydrogen-bond acceptors (Lipinski definition) is 4. The molecule has 0 spiro atoms. The molecule has 0 fully saturated rings. The van der Waals surface area contributed by atoms with Gasteiger partial charge in [0, 0.05) is 29.0 Å². The van der Waals surface area contributed by atoms with E-state index < -0.39 is 0 Å². The quantitative estimate of drug-likeness (QED) is 0.568. The Morgan fingerprint density at radius 3 is 2.59 bits per heavy atom. The minimum atomic E-state index is 0.812. The van der Waals surface area contributed by atoms with Crippen molar-refractivity contribution in [3.05, 3.63) is 54.5 Å². The van der Waals surface area contributed by atoms with E-state index in [0.717, 1.165) is 39.3 Å². The Kier molecular flexibility index (Phi) is 2.79. The molecule has 5 nitrogen and oxygen atoms in total. The highest BCUT2D eigenvalue weighted by atomic mass is 16.5. The first-order valence-electron chi connectivity index (χ1n) is 7.01. The van der Waals surface area contributed by atoms with Crippen LogP contribution in [-0.2, 0) is 0 Å². The fraction of sp³-hybridized carbons (Fsp3) is 0.118. The zero-order chi connectivity index (χ0) is 15.1. The van der Waals surface area contributed by atoms with Crippen LogP contribution in [0.25, 0.3) is 27.8 Å². The average molecular weight is 290 g/mol. The molecule has 3 heterocycles. The summed E-state index contributed by atoms with van der Waals surface area (Å²) < 4.78 is 7.39. The van der Waals surface area contributed by atoms with E-state index in [2.05, 4.69) is 32.6 Å². The van der Waals surface area contributed by atoms with Crippen LogP contribution in [0.4, 0.5) is 0 Å². The van der Waals surface area contributed by atoms with Gasteiger partial charge in [-0.1, -0.05) is 6.07 Å². The second kappa shape index (κ2) is 4.80. The predicted octanol–water partition coefficient (Wildman–Crippen LogP) is 3.26. The smallest absolute Gasteiger partial charge is 0.169 e. The molecular formula is C17H14N4O. The third-order valence-corrected chi connectivity index (χ3v) is 3.82. The van der Waals surface area contributed by atoms with E-state index >= 15 is 0 Å². The van der Waals surface area contributed by atoms with E-state index in [9.17, 15) is 0 Å². The predicted molar refractivity (Wildman–Crippen MR) is 85.0 cm³/mol. The summed E-state index contributed by atoms with van der Waals surface area (Å²) in [6, 6.07) is 12.0. The molecule has 0 saturated heterocycles. The third kappa shape index (κ3) is 1.83. The van der Waals surface area contributed by atoms with Gasteiger partial charge in [-0.05, 0) is 42.6 Å². The first kappa shape index (κ1) is 12.8. The van der Waals surface area contributed by atoms with Crippen LogP contribution in [0.2, 0.25) is 0 Å². The number of nitrogens with zero attached hydrogens (tertiary/aromatic N) is 4. The van der Waals surface area contributed by atoms with E-state index in [1.54, 1.807) is 19.5 Å². The van der Waals surface area contributed by atoms with Crippen LogP contribution in [0.3, 0.4) is 0 Å². The van der Waals surface area contributed by atoms with Gasteiger partial charge >= 0.3 is 0 Å². The molecule has 0 aliphatic carbocycles. The van der Waals surface area contributed by atoms with Gasteiger partial charge in [0.25, 0.3) is 0 Å². The SMILES string of the molecule is COc1ccc2cc(C)n3c(-c4ccncc4)nnc3c2c1. The molecule has 108 valence electrons. The molecule has 0 bridgehead atoms. The molecule has 0 atom stereocenters. The van der Waals surface area contributed by atoms with Crippen molar-refractivity contribution < 1.29 is 4.74 Å². The van der Waals surface area contributed by atoms with Gasteiger partial charge < -0.3 is 4.74 Å². The van der Waals surface area contributed by atoms with Gasteiger partial charge in [-0.2, -0.15) is 0 Å². The maximum Gasteiger partial charge on any atom is 0.169 e. The summed E-state index contributed by atoms with van der Waals surface area (Å²) in [5, 5.41) is 10.9. The molecule has 0 radical (unpaired) electrons. The standard InChI is InChI=1S/C17H14N4O/c1-11-9-13-3-4-14(22-2)10-15(13)17-20-19-16(21(11)17)12-5-7-18-8-6-12/h3-10H,1-2H3. The van der Waals surface area contributed by atoms with Crippen molar-refractivity contribution in [3.63, 3.8) is 0 Å². The lowest BCUT2D eigenvalue weighted by Crippen LogP contribution is -1.96. The topological polar surface area (TPSA) is 52.3 Å². The summed E-state index contributed by atoms with van der Waals surface area (Å²) in [7, 11) is 1.67. The van der Waals surface area contributed by atoms with E-state index in [1.165, 1.54) is 0 Å². The minimum absolute atomic E-state index is 0.812. The molecule has 0 aliphatic heterocycles. The Balaban J connectivity index is 2.09. The number of methoxy groups -OCH3 is 1. The lowest BCUT2D eigenvalue weighted by molar-refractivity contribution is 0.415. The van der Waals surface area contributed by atoms with Gasteiger partial charge in [-0.25, -0.2) is 0 Å². The van der Waals surface area contributed by atoms with Crippen molar-refractivity contribution in [2.24, 2.45) is 0 Å².